The van der Waals surface area contributed by atoms with Gasteiger partial charge in [0.2, 0.25) is 0 Å². The fourth-order valence-electron chi connectivity index (χ4n) is 2.43. The Kier molecular flexibility index (Phi) is 3.77. The highest BCUT2D eigenvalue weighted by molar-refractivity contribution is 14.1. The van der Waals surface area contributed by atoms with Crippen molar-refractivity contribution < 1.29 is 4.42 Å². The van der Waals surface area contributed by atoms with Crippen LogP contribution in [0.5, 0.6) is 0 Å². The summed E-state index contributed by atoms with van der Waals surface area (Å²) >= 11 is 8.60. The topological polar surface area (TPSA) is 31.0 Å². The average molecular weight is 401 g/mol. The van der Waals surface area contributed by atoms with E-state index in [2.05, 4.69) is 57.3 Å². The average Bonchev–Trinajstić information content (AvgIpc) is 3.04. The van der Waals surface area contributed by atoms with Gasteiger partial charge >= 0.3 is 0 Å². The van der Waals surface area contributed by atoms with Crippen molar-refractivity contribution in [3.63, 3.8) is 0 Å². The number of fused-ring (bicyclic) bond motifs is 1. The largest absolute Gasteiger partial charge is 0.467 e. The molecule has 0 bridgehead atoms. The van der Waals surface area contributed by atoms with Gasteiger partial charge in [0.15, 0.2) is 0 Å². The third-order valence-electron chi connectivity index (χ3n) is 3.38. The number of halogens is 2. The third kappa shape index (κ3) is 2.35. The van der Waals surface area contributed by atoms with Crippen LogP contribution in [0.1, 0.15) is 36.9 Å². The van der Waals surface area contributed by atoms with Crippen molar-refractivity contribution in [2.24, 2.45) is 0 Å². The van der Waals surface area contributed by atoms with Crippen LogP contribution in [-0.2, 0) is 0 Å². The van der Waals surface area contributed by atoms with Crippen molar-refractivity contribution in [1.82, 2.24) is 9.55 Å². The van der Waals surface area contributed by atoms with Gasteiger partial charge in [-0.15, -0.1) is 11.6 Å². The van der Waals surface area contributed by atoms with E-state index in [0.717, 1.165) is 22.6 Å². The van der Waals surface area contributed by atoms with Crippen LogP contribution in [0.15, 0.2) is 41.0 Å². The summed E-state index contributed by atoms with van der Waals surface area (Å²) < 4.78 is 8.85. The molecular formula is C15H14ClIN2O. The van der Waals surface area contributed by atoms with Crippen LogP contribution in [0.2, 0.25) is 0 Å². The van der Waals surface area contributed by atoms with Crippen molar-refractivity contribution in [3.05, 3.63) is 51.7 Å². The molecule has 104 valence electrons. The number of imidazole rings is 1. The number of aromatic nitrogens is 2. The molecular weight excluding hydrogens is 387 g/mol. The number of benzene rings is 1. The molecule has 0 radical (unpaired) electrons. The smallest absolute Gasteiger partial charge is 0.128 e. The first kappa shape index (κ1) is 13.9. The van der Waals surface area contributed by atoms with E-state index in [1.54, 1.807) is 6.26 Å². The van der Waals surface area contributed by atoms with Crippen molar-refractivity contribution in [2.45, 2.75) is 25.3 Å². The van der Waals surface area contributed by atoms with Crippen LogP contribution in [-0.4, -0.2) is 9.55 Å². The Morgan fingerprint density at radius 1 is 1.30 bits per heavy atom. The van der Waals surface area contributed by atoms with Gasteiger partial charge in [-0.3, -0.25) is 0 Å². The molecule has 2 unspecified atom stereocenters. The number of alkyl halides is 1. The Labute approximate surface area is 136 Å². The molecule has 0 aliphatic carbocycles. The zero-order valence-electron chi connectivity index (χ0n) is 11.2. The Morgan fingerprint density at radius 3 is 2.75 bits per heavy atom. The predicted molar refractivity (Wildman–Crippen MR) is 89.2 cm³/mol. The maximum absolute atomic E-state index is 6.31. The summed E-state index contributed by atoms with van der Waals surface area (Å²) in [5.41, 5.74) is 2.05. The molecule has 0 saturated carbocycles. The quantitative estimate of drug-likeness (QED) is 0.450. The molecule has 0 N–H and O–H groups in total. The van der Waals surface area contributed by atoms with Gasteiger partial charge < -0.3 is 8.98 Å². The minimum absolute atomic E-state index is 0.0614. The highest BCUT2D eigenvalue weighted by atomic mass is 127. The highest BCUT2D eigenvalue weighted by Gasteiger charge is 2.21. The predicted octanol–water partition coefficient (Wildman–Crippen LogP) is 5.14. The first-order chi connectivity index (χ1) is 9.58. The Balaban J connectivity index is 2.24. The molecule has 2 atom stereocenters. The Morgan fingerprint density at radius 2 is 2.10 bits per heavy atom. The van der Waals surface area contributed by atoms with E-state index >= 15 is 0 Å². The Hall–Kier alpha value is -1.01. The van der Waals surface area contributed by atoms with E-state index in [4.69, 9.17) is 16.0 Å². The summed E-state index contributed by atoms with van der Waals surface area (Å²) in [5, 5.41) is -0.155. The van der Waals surface area contributed by atoms with E-state index in [-0.39, 0.29) is 11.4 Å². The molecule has 5 heteroatoms. The lowest BCUT2D eigenvalue weighted by Crippen LogP contribution is -2.10. The normalized spacial score (nSPS) is 14.6. The molecule has 0 aliphatic rings. The van der Waals surface area contributed by atoms with Crippen molar-refractivity contribution >= 4 is 45.2 Å². The van der Waals surface area contributed by atoms with Gasteiger partial charge in [-0.25, -0.2) is 4.98 Å². The van der Waals surface area contributed by atoms with Gasteiger partial charge in [-0.2, -0.15) is 0 Å². The highest BCUT2D eigenvalue weighted by Crippen LogP contribution is 2.31. The minimum Gasteiger partial charge on any atom is -0.467 e. The van der Waals surface area contributed by atoms with Crippen LogP contribution in [0.3, 0.4) is 0 Å². The first-order valence-electron chi connectivity index (χ1n) is 6.43. The zero-order valence-corrected chi connectivity index (χ0v) is 14.1. The molecule has 0 amide bonds. The molecule has 0 aliphatic heterocycles. The van der Waals surface area contributed by atoms with Crippen LogP contribution < -0.4 is 0 Å². The molecule has 0 saturated heterocycles. The van der Waals surface area contributed by atoms with E-state index in [1.165, 1.54) is 3.57 Å². The molecule has 1 aromatic carbocycles. The van der Waals surface area contributed by atoms with Gasteiger partial charge in [0.1, 0.15) is 11.6 Å². The monoisotopic (exact) mass is 400 g/mol. The van der Waals surface area contributed by atoms with Gasteiger partial charge in [0.25, 0.3) is 0 Å². The summed E-state index contributed by atoms with van der Waals surface area (Å²) in [4.78, 5) is 4.69. The second-order valence-electron chi connectivity index (χ2n) is 4.78. The van der Waals surface area contributed by atoms with Gasteiger partial charge in [0, 0.05) is 3.57 Å². The fraction of sp³-hybridized carbons (Fsp3) is 0.267. The summed E-state index contributed by atoms with van der Waals surface area (Å²) in [6, 6.07) is 10.2. The summed E-state index contributed by atoms with van der Waals surface area (Å²) in [5.74, 6) is 1.77. The molecule has 0 fully saturated rings. The van der Waals surface area contributed by atoms with E-state index in [0.29, 0.717) is 0 Å². The van der Waals surface area contributed by atoms with Crippen LogP contribution in [0.4, 0.5) is 0 Å². The SMILES string of the molecule is CC(Cl)c1nc2cc(I)ccc2n1C(C)c1ccco1. The minimum atomic E-state index is -0.155. The molecule has 3 aromatic rings. The lowest BCUT2D eigenvalue weighted by atomic mass is 10.2. The summed E-state index contributed by atoms with van der Waals surface area (Å²) in [7, 11) is 0. The van der Waals surface area contributed by atoms with Crippen LogP contribution in [0.25, 0.3) is 11.0 Å². The van der Waals surface area contributed by atoms with E-state index in [9.17, 15) is 0 Å². The van der Waals surface area contributed by atoms with Crippen LogP contribution >= 0.6 is 34.2 Å². The number of hydrogen-bond acceptors (Lipinski definition) is 2. The van der Waals surface area contributed by atoms with Crippen molar-refractivity contribution in [3.8, 4) is 0 Å². The molecule has 20 heavy (non-hydrogen) atoms. The third-order valence-corrected chi connectivity index (χ3v) is 4.24. The molecule has 0 spiro atoms. The van der Waals surface area contributed by atoms with Gasteiger partial charge in [-0.05, 0) is 66.8 Å². The Bertz CT molecular complexity index is 734. The molecule has 3 rings (SSSR count). The summed E-state index contributed by atoms with van der Waals surface area (Å²) in [6.45, 7) is 4.04. The lowest BCUT2D eigenvalue weighted by Gasteiger charge is -2.16. The maximum atomic E-state index is 6.31. The molecule has 3 nitrogen and oxygen atoms in total. The fourth-order valence-corrected chi connectivity index (χ4v) is 3.06. The number of furan rings is 1. The van der Waals surface area contributed by atoms with Crippen LogP contribution in [0, 0.1) is 3.57 Å². The lowest BCUT2D eigenvalue weighted by molar-refractivity contribution is 0.444. The standard InChI is InChI=1S/C15H14ClIN2O/c1-9(16)15-18-12-8-11(17)5-6-13(12)19(15)10(2)14-4-3-7-20-14/h3-10H,1-2H3. The summed E-state index contributed by atoms with van der Waals surface area (Å²) in [6.07, 6.45) is 1.69. The van der Waals surface area contributed by atoms with Gasteiger partial charge in [-0.1, -0.05) is 0 Å². The maximum Gasteiger partial charge on any atom is 0.128 e. The second kappa shape index (κ2) is 5.41. The van der Waals surface area contributed by atoms with Crippen molar-refractivity contribution in [1.29, 1.82) is 0 Å². The van der Waals surface area contributed by atoms with Crippen molar-refractivity contribution in [2.75, 3.05) is 0 Å². The second-order valence-corrected chi connectivity index (χ2v) is 6.68. The van der Waals surface area contributed by atoms with E-state index < -0.39 is 0 Å². The van der Waals surface area contributed by atoms with E-state index in [1.807, 2.05) is 19.1 Å². The van der Waals surface area contributed by atoms with Gasteiger partial charge in [0.05, 0.1) is 28.7 Å². The number of nitrogens with zero attached hydrogens (tertiary/aromatic N) is 2. The number of rotatable bonds is 3. The molecule has 2 heterocycles. The zero-order chi connectivity index (χ0) is 14.3. The molecule has 2 aromatic heterocycles. The number of hydrogen-bond donors (Lipinski definition) is 0. The first-order valence-corrected chi connectivity index (χ1v) is 7.94.